The van der Waals surface area contributed by atoms with Crippen LogP contribution in [0, 0.1) is 13.8 Å². The Morgan fingerprint density at radius 2 is 2.04 bits per heavy atom. The number of fused-ring (bicyclic) bond motifs is 1. The summed E-state index contributed by atoms with van der Waals surface area (Å²) in [6, 6.07) is 6.40. The molecule has 0 atom stereocenters. The van der Waals surface area contributed by atoms with Gasteiger partial charge in [-0.3, -0.25) is 15.6 Å². The number of anilines is 1. The topological polar surface area (TPSA) is 66.9 Å². The van der Waals surface area contributed by atoms with Crippen LogP contribution in [0.2, 0.25) is 0 Å². The second kappa shape index (κ2) is 6.97. The van der Waals surface area contributed by atoms with E-state index in [9.17, 15) is 4.79 Å². The van der Waals surface area contributed by atoms with Crippen LogP contribution in [0.5, 0.6) is 0 Å². The van der Waals surface area contributed by atoms with Gasteiger partial charge in [0.2, 0.25) is 5.91 Å². The Bertz CT molecular complexity index is 888. The molecule has 0 fully saturated rings. The minimum Gasteiger partial charge on any atom is -0.281 e. The summed E-state index contributed by atoms with van der Waals surface area (Å²) in [5.41, 5.74) is 10.4. The van der Waals surface area contributed by atoms with Crippen molar-refractivity contribution in [2.45, 2.75) is 33.6 Å². The molecule has 0 aliphatic rings. The normalized spacial score (nSPS) is 10.8. The van der Waals surface area contributed by atoms with Crippen molar-refractivity contribution in [3.05, 3.63) is 41.0 Å². The number of rotatable bonds is 5. The molecule has 5 nitrogen and oxygen atoms in total. The quantitative estimate of drug-likeness (QED) is 0.683. The van der Waals surface area contributed by atoms with Gasteiger partial charge in [0.1, 0.15) is 11.2 Å². The van der Waals surface area contributed by atoms with E-state index in [1.807, 2.05) is 6.92 Å². The first-order chi connectivity index (χ1) is 11.6. The van der Waals surface area contributed by atoms with Gasteiger partial charge in [0.25, 0.3) is 0 Å². The molecular formula is C18H20N4OS. The highest BCUT2D eigenvalue weighted by molar-refractivity contribution is 7.17. The molecule has 6 heteroatoms. The largest absolute Gasteiger partial charge is 0.281 e. The molecule has 0 bridgehead atoms. The zero-order valence-corrected chi connectivity index (χ0v) is 14.8. The molecule has 0 radical (unpaired) electrons. The summed E-state index contributed by atoms with van der Waals surface area (Å²) in [5.74, 6) is 0.575. The molecule has 1 amide bonds. The molecule has 0 saturated heterocycles. The average molecular weight is 340 g/mol. The predicted octanol–water partition coefficient (Wildman–Crippen LogP) is 4.22. The highest BCUT2D eigenvalue weighted by Gasteiger charge is 2.14. The number of benzene rings is 1. The van der Waals surface area contributed by atoms with Crippen LogP contribution in [-0.2, 0) is 4.79 Å². The first-order valence-corrected chi connectivity index (χ1v) is 8.82. The van der Waals surface area contributed by atoms with Crippen molar-refractivity contribution in [2.75, 3.05) is 5.43 Å². The fourth-order valence-corrected chi connectivity index (χ4v) is 3.43. The van der Waals surface area contributed by atoms with Gasteiger partial charge in [-0.25, -0.2) is 9.97 Å². The van der Waals surface area contributed by atoms with Crippen LogP contribution in [0.15, 0.2) is 29.9 Å². The third kappa shape index (κ3) is 3.23. The Morgan fingerprint density at radius 1 is 1.21 bits per heavy atom. The molecular weight excluding hydrogens is 320 g/mol. The molecule has 3 aromatic rings. The van der Waals surface area contributed by atoms with E-state index in [1.54, 1.807) is 11.3 Å². The molecule has 124 valence electrons. The van der Waals surface area contributed by atoms with Gasteiger partial charge >= 0.3 is 0 Å². The number of nitrogens with zero attached hydrogens (tertiary/aromatic N) is 2. The molecule has 2 aromatic heterocycles. The monoisotopic (exact) mass is 340 g/mol. The van der Waals surface area contributed by atoms with Gasteiger partial charge in [0.05, 0.1) is 5.39 Å². The molecule has 0 aliphatic carbocycles. The standard InChI is InChI=1S/C18H20N4OS/c1-4-5-15(23)21-22-17-16-14(9-24-18(16)20-10-19-17)13-7-6-11(2)12(3)8-13/h6-10H,4-5H2,1-3H3,(H,21,23)(H,19,20,22). The van der Waals surface area contributed by atoms with E-state index < -0.39 is 0 Å². The van der Waals surface area contributed by atoms with E-state index in [4.69, 9.17) is 0 Å². The maximum atomic E-state index is 11.7. The minimum atomic E-state index is -0.0489. The third-order valence-electron chi connectivity index (χ3n) is 3.99. The maximum Gasteiger partial charge on any atom is 0.238 e. The van der Waals surface area contributed by atoms with Crippen molar-refractivity contribution in [3.8, 4) is 11.1 Å². The Balaban J connectivity index is 2.00. The van der Waals surface area contributed by atoms with E-state index in [-0.39, 0.29) is 5.91 Å². The van der Waals surface area contributed by atoms with Crippen molar-refractivity contribution in [1.29, 1.82) is 0 Å². The summed E-state index contributed by atoms with van der Waals surface area (Å²) in [6.45, 7) is 6.18. The minimum absolute atomic E-state index is 0.0489. The number of nitrogens with one attached hydrogen (secondary N) is 2. The lowest BCUT2D eigenvalue weighted by molar-refractivity contribution is -0.120. The van der Waals surface area contributed by atoms with Crippen LogP contribution in [-0.4, -0.2) is 15.9 Å². The highest BCUT2D eigenvalue weighted by atomic mass is 32.1. The van der Waals surface area contributed by atoms with Gasteiger partial charge in [-0.05, 0) is 37.0 Å². The van der Waals surface area contributed by atoms with Crippen molar-refractivity contribution in [1.82, 2.24) is 15.4 Å². The van der Waals surface area contributed by atoms with Gasteiger partial charge in [0, 0.05) is 17.4 Å². The summed E-state index contributed by atoms with van der Waals surface area (Å²) >= 11 is 1.57. The summed E-state index contributed by atoms with van der Waals surface area (Å²) in [5, 5.41) is 3.02. The zero-order valence-electron chi connectivity index (χ0n) is 14.0. The molecule has 1 aromatic carbocycles. The van der Waals surface area contributed by atoms with E-state index in [0.29, 0.717) is 12.2 Å². The number of thiophene rings is 1. The Morgan fingerprint density at radius 3 is 2.79 bits per heavy atom. The number of aromatic nitrogens is 2. The molecule has 0 aliphatic heterocycles. The molecule has 0 unspecified atom stereocenters. The summed E-state index contributed by atoms with van der Waals surface area (Å²) in [6.07, 6.45) is 2.80. The van der Waals surface area contributed by atoms with Gasteiger partial charge in [-0.2, -0.15) is 0 Å². The van der Waals surface area contributed by atoms with Crippen LogP contribution >= 0.6 is 11.3 Å². The molecule has 0 saturated carbocycles. The van der Waals surface area contributed by atoms with Crippen LogP contribution in [0.1, 0.15) is 30.9 Å². The molecule has 2 N–H and O–H groups in total. The van der Waals surface area contributed by atoms with Crippen molar-refractivity contribution >= 4 is 33.3 Å². The fourth-order valence-electron chi connectivity index (χ4n) is 2.51. The van der Waals surface area contributed by atoms with Crippen molar-refractivity contribution in [3.63, 3.8) is 0 Å². The van der Waals surface area contributed by atoms with E-state index in [1.165, 1.54) is 17.5 Å². The number of hydrazine groups is 1. The number of hydrogen-bond donors (Lipinski definition) is 2. The Kier molecular flexibility index (Phi) is 4.76. The maximum absolute atomic E-state index is 11.7. The lowest BCUT2D eigenvalue weighted by Gasteiger charge is -2.10. The van der Waals surface area contributed by atoms with Gasteiger partial charge in [0.15, 0.2) is 5.82 Å². The number of aryl methyl sites for hydroxylation is 2. The van der Waals surface area contributed by atoms with Crippen molar-refractivity contribution in [2.24, 2.45) is 0 Å². The SMILES string of the molecule is CCCC(=O)NNc1ncnc2scc(-c3ccc(C)c(C)c3)c12. The van der Waals surface area contributed by atoms with Gasteiger partial charge in [-0.15, -0.1) is 11.3 Å². The predicted molar refractivity (Wildman–Crippen MR) is 99.0 cm³/mol. The highest BCUT2D eigenvalue weighted by Crippen LogP contribution is 2.36. The number of hydrogen-bond acceptors (Lipinski definition) is 5. The summed E-state index contributed by atoms with van der Waals surface area (Å²) in [4.78, 5) is 21.3. The second-order valence-electron chi connectivity index (χ2n) is 5.77. The summed E-state index contributed by atoms with van der Waals surface area (Å²) < 4.78 is 0. The Hall–Kier alpha value is -2.47. The Labute approximate surface area is 145 Å². The van der Waals surface area contributed by atoms with E-state index in [0.717, 1.165) is 27.8 Å². The fraction of sp³-hybridized carbons (Fsp3) is 0.278. The van der Waals surface area contributed by atoms with Crippen LogP contribution < -0.4 is 10.9 Å². The van der Waals surface area contributed by atoms with Gasteiger partial charge < -0.3 is 0 Å². The lowest BCUT2D eigenvalue weighted by Crippen LogP contribution is -2.29. The van der Waals surface area contributed by atoms with Crippen LogP contribution in [0.3, 0.4) is 0 Å². The summed E-state index contributed by atoms with van der Waals surface area (Å²) in [7, 11) is 0. The van der Waals surface area contributed by atoms with Crippen LogP contribution in [0.25, 0.3) is 21.3 Å². The van der Waals surface area contributed by atoms with Crippen molar-refractivity contribution < 1.29 is 4.79 Å². The molecule has 3 rings (SSSR count). The first kappa shape index (κ1) is 16.4. The number of carbonyl (C=O) groups is 1. The molecule has 2 heterocycles. The average Bonchev–Trinajstić information content (AvgIpc) is 3.00. The number of amides is 1. The second-order valence-corrected chi connectivity index (χ2v) is 6.63. The zero-order chi connectivity index (χ0) is 17.1. The van der Waals surface area contributed by atoms with E-state index >= 15 is 0 Å². The number of carbonyl (C=O) groups excluding carboxylic acids is 1. The van der Waals surface area contributed by atoms with Gasteiger partial charge in [-0.1, -0.05) is 25.1 Å². The molecule has 24 heavy (non-hydrogen) atoms. The van der Waals surface area contributed by atoms with Crippen LogP contribution in [0.4, 0.5) is 5.82 Å². The molecule has 0 spiro atoms. The van der Waals surface area contributed by atoms with E-state index in [2.05, 4.69) is 58.2 Å². The smallest absolute Gasteiger partial charge is 0.238 e. The third-order valence-corrected chi connectivity index (χ3v) is 4.87. The first-order valence-electron chi connectivity index (χ1n) is 7.94. The lowest BCUT2D eigenvalue weighted by atomic mass is 10.0.